The molecule has 0 spiro atoms. The molecule has 54 valence electrons. The summed E-state index contributed by atoms with van der Waals surface area (Å²) in [5, 5.41) is 0. The predicted molar refractivity (Wildman–Crippen MR) is 38.6 cm³/mol. The van der Waals surface area contributed by atoms with Crippen LogP contribution in [0.5, 0.6) is 0 Å². The van der Waals surface area contributed by atoms with Crippen molar-refractivity contribution < 1.29 is 9.53 Å². The van der Waals surface area contributed by atoms with Crippen molar-refractivity contribution in [3.05, 3.63) is 0 Å². The molecule has 0 radical (unpaired) electrons. The first-order valence-electron chi connectivity index (χ1n) is 2.71. The molecule has 0 fully saturated rings. The summed E-state index contributed by atoms with van der Waals surface area (Å²) in [6.45, 7) is 2.53. The number of hydrogen-bond acceptors (Lipinski definition) is 3. The second kappa shape index (κ2) is 4.49. The summed E-state index contributed by atoms with van der Waals surface area (Å²) in [6.07, 6.45) is -0.326. The lowest BCUT2D eigenvalue weighted by Gasteiger charge is -2.12. The number of carbonyl (C=O) groups is 1. The summed E-state index contributed by atoms with van der Waals surface area (Å²) in [4.78, 5) is 12.1. The zero-order valence-electron chi connectivity index (χ0n) is 5.63. The molecule has 0 bridgehead atoms. The van der Waals surface area contributed by atoms with Crippen molar-refractivity contribution in [2.24, 2.45) is 0 Å². The summed E-state index contributed by atoms with van der Waals surface area (Å²) in [6, 6.07) is 0. The van der Waals surface area contributed by atoms with Crippen LogP contribution in [-0.4, -0.2) is 30.5 Å². The van der Waals surface area contributed by atoms with E-state index in [0.29, 0.717) is 6.54 Å². The molecule has 0 rings (SSSR count). The fourth-order valence-corrected chi connectivity index (χ4v) is 0.405. The fourth-order valence-electron chi connectivity index (χ4n) is 0.295. The third-order valence-corrected chi connectivity index (χ3v) is 1.10. The van der Waals surface area contributed by atoms with E-state index in [0.717, 1.165) is 0 Å². The highest BCUT2D eigenvalue weighted by molar-refractivity contribution is 7.80. The van der Waals surface area contributed by atoms with E-state index in [1.807, 2.05) is 6.92 Å². The fraction of sp³-hybridized carbons (Fsp3) is 0.800. The minimum absolute atomic E-state index is 0.142. The van der Waals surface area contributed by atoms with Crippen LogP contribution in [0.25, 0.3) is 0 Å². The van der Waals surface area contributed by atoms with Gasteiger partial charge in [-0.2, -0.15) is 0 Å². The number of nitrogens with zero attached hydrogens (tertiary/aromatic N) is 1. The number of thiol groups is 1. The Morgan fingerprint density at radius 3 is 2.67 bits per heavy atom. The van der Waals surface area contributed by atoms with E-state index in [9.17, 15) is 4.79 Å². The Morgan fingerprint density at radius 2 is 2.33 bits per heavy atom. The van der Waals surface area contributed by atoms with Crippen LogP contribution in [0, 0.1) is 0 Å². The number of hydrogen-bond donors (Lipinski definition) is 1. The van der Waals surface area contributed by atoms with Gasteiger partial charge in [-0.05, 0) is 6.92 Å². The van der Waals surface area contributed by atoms with Gasteiger partial charge in [0.25, 0.3) is 0 Å². The van der Waals surface area contributed by atoms with Crippen LogP contribution in [-0.2, 0) is 4.74 Å². The molecule has 0 saturated carbocycles. The Labute approximate surface area is 60.4 Å². The molecule has 0 aliphatic carbocycles. The van der Waals surface area contributed by atoms with Gasteiger partial charge in [0.05, 0.1) is 0 Å². The van der Waals surface area contributed by atoms with Gasteiger partial charge in [0.1, 0.15) is 5.94 Å². The predicted octanol–water partition coefficient (Wildman–Crippen LogP) is 0.962. The summed E-state index contributed by atoms with van der Waals surface area (Å²) in [5.41, 5.74) is 0. The highest BCUT2D eigenvalue weighted by Crippen LogP contribution is 1.89. The van der Waals surface area contributed by atoms with Gasteiger partial charge in [-0.1, -0.05) is 0 Å². The lowest BCUT2D eigenvalue weighted by Crippen LogP contribution is -2.26. The minimum Gasteiger partial charge on any atom is -0.439 e. The molecule has 1 amide bonds. The molecule has 0 saturated heterocycles. The molecule has 0 aromatic heterocycles. The summed E-state index contributed by atoms with van der Waals surface area (Å²) < 4.78 is 4.55. The monoisotopic (exact) mass is 149 g/mol. The van der Waals surface area contributed by atoms with Gasteiger partial charge in [0.2, 0.25) is 0 Å². The topological polar surface area (TPSA) is 29.5 Å². The van der Waals surface area contributed by atoms with Crippen LogP contribution >= 0.6 is 12.6 Å². The maximum absolute atomic E-state index is 10.6. The molecule has 0 aliphatic rings. The minimum atomic E-state index is -0.326. The standard InChI is InChI=1S/C5H11NO2S/c1-3-6(2)5(7)8-4-9/h9H,3-4H2,1-2H3. The highest BCUT2D eigenvalue weighted by Gasteiger charge is 2.04. The van der Waals surface area contributed by atoms with E-state index in [2.05, 4.69) is 17.4 Å². The molecule has 4 heteroatoms. The Bertz CT molecular complexity index is 97.0. The van der Waals surface area contributed by atoms with Gasteiger partial charge in [0.15, 0.2) is 0 Å². The quantitative estimate of drug-likeness (QED) is 0.468. The van der Waals surface area contributed by atoms with Gasteiger partial charge < -0.3 is 9.64 Å². The normalized spacial score (nSPS) is 8.78. The van der Waals surface area contributed by atoms with Crippen molar-refractivity contribution in [2.75, 3.05) is 19.5 Å². The molecule has 0 aromatic carbocycles. The molecule has 0 unspecified atom stereocenters. The maximum Gasteiger partial charge on any atom is 0.410 e. The van der Waals surface area contributed by atoms with Crippen molar-refractivity contribution in [3.63, 3.8) is 0 Å². The van der Waals surface area contributed by atoms with Crippen LogP contribution < -0.4 is 0 Å². The summed E-state index contributed by atoms with van der Waals surface area (Å²) >= 11 is 3.72. The van der Waals surface area contributed by atoms with Crippen molar-refractivity contribution >= 4 is 18.7 Å². The molecule has 0 N–H and O–H groups in total. The number of carbonyl (C=O) groups excluding carboxylic acids is 1. The first-order valence-corrected chi connectivity index (χ1v) is 3.34. The van der Waals surface area contributed by atoms with Crippen LogP contribution in [0.2, 0.25) is 0 Å². The van der Waals surface area contributed by atoms with Crippen molar-refractivity contribution in [3.8, 4) is 0 Å². The molecule has 0 aliphatic heterocycles. The molecular weight excluding hydrogens is 138 g/mol. The number of ether oxygens (including phenoxy) is 1. The second-order valence-corrected chi connectivity index (χ2v) is 1.81. The molecule has 0 heterocycles. The third-order valence-electron chi connectivity index (χ3n) is 0.974. The third kappa shape index (κ3) is 3.24. The number of rotatable bonds is 2. The van der Waals surface area contributed by atoms with Gasteiger partial charge in [-0.15, -0.1) is 12.6 Å². The van der Waals surface area contributed by atoms with Gasteiger partial charge >= 0.3 is 6.09 Å². The molecule has 0 atom stereocenters. The van der Waals surface area contributed by atoms with Gasteiger partial charge in [-0.3, -0.25) is 0 Å². The van der Waals surface area contributed by atoms with E-state index in [-0.39, 0.29) is 12.0 Å². The van der Waals surface area contributed by atoms with Crippen LogP contribution in [0.15, 0.2) is 0 Å². The average Bonchev–Trinajstić information content (AvgIpc) is 1.87. The molecular formula is C5H11NO2S. The Morgan fingerprint density at radius 1 is 1.78 bits per heavy atom. The number of amides is 1. The van der Waals surface area contributed by atoms with Crippen molar-refractivity contribution in [1.82, 2.24) is 4.90 Å². The van der Waals surface area contributed by atoms with Crippen LogP contribution in [0.1, 0.15) is 6.92 Å². The summed E-state index contributed by atoms with van der Waals surface area (Å²) in [7, 11) is 1.67. The van der Waals surface area contributed by atoms with Crippen molar-refractivity contribution in [1.29, 1.82) is 0 Å². The highest BCUT2D eigenvalue weighted by atomic mass is 32.1. The van der Waals surface area contributed by atoms with Gasteiger partial charge in [-0.25, -0.2) is 4.79 Å². The average molecular weight is 149 g/mol. The largest absolute Gasteiger partial charge is 0.439 e. The molecule has 0 aromatic rings. The van der Waals surface area contributed by atoms with E-state index in [4.69, 9.17) is 0 Å². The van der Waals surface area contributed by atoms with Crippen molar-refractivity contribution in [2.45, 2.75) is 6.92 Å². The zero-order chi connectivity index (χ0) is 7.28. The van der Waals surface area contributed by atoms with E-state index in [1.165, 1.54) is 4.90 Å². The maximum atomic E-state index is 10.6. The van der Waals surface area contributed by atoms with E-state index < -0.39 is 0 Å². The second-order valence-electron chi connectivity index (χ2n) is 1.55. The molecule has 9 heavy (non-hydrogen) atoms. The molecule has 3 nitrogen and oxygen atoms in total. The van der Waals surface area contributed by atoms with E-state index in [1.54, 1.807) is 7.05 Å². The smallest absolute Gasteiger partial charge is 0.410 e. The SMILES string of the molecule is CCN(C)C(=O)OCS. The van der Waals surface area contributed by atoms with Crippen LogP contribution in [0.4, 0.5) is 4.79 Å². The lowest BCUT2D eigenvalue weighted by atomic mass is 10.7. The lowest BCUT2D eigenvalue weighted by molar-refractivity contribution is 0.131. The Balaban J connectivity index is 3.46. The Hall–Kier alpha value is -0.380. The Kier molecular flexibility index (Phi) is 4.30. The van der Waals surface area contributed by atoms with E-state index >= 15 is 0 Å². The first-order chi connectivity index (χ1) is 4.22. The zero-order valence-corrected chi connectivity index (χ0v) is 6.52. The first kappa shape index (κ1) is 8.62. The summed E-state index contributed by atoms with van der Waals surface area (Å²) in [5.74, 6) is 0.142. The van der Waals surface area contributed by atoms with Crippen LogP contribution in [0.3, 0.4) is 0 Å². The van der Waals surface area contributed by atoms with Gasteiger partial charge in [0, 0.05) is 13.6 Å².